The van der Waals surface area contributed by atoms with Gasteiger partial charge in [0.15, 0.2) is 24.7 Å². The summed E-state index contributed by atoms with van der Waals surface area (Å²) in [5.41, 5.74) is 2.79. The van der Waals surface area contributed by atoms with E-state index in [0.29, 0.717) is 23.1 Å². The first-order chi connectivity index (χ1) is 13.9. The van der Waals surface area contributed by atoms with Crippen LogP contribution in [-0.2, 0) is 14.3 Å². The number of nitrogens with one attached hydrogen (secondary N) is 1. The molecular formula is C23H27NO5. The molecule has 0 radical (unpaired) electrons. The van der Waals surface area contributed by atoms with Crippen molar-refractivity contribution in [2.24, 2.45) is 0 Å². The van der Waals surface area contributed by atoms with E-state index in [1.165, 1.54) is 12.7 Å². The topological polar surface area (TPSA) is 73.9 Å². The van der Waals surface area contributed by atoms with Gasteiger partial charge in [-0.1, -0.05) is 44.2 Å². The molecule has 1 amide bonds. The summed E-state index contributed by atoms with van der Waals surface area (Å²) in [5.74, 6) is 0.292. The molecular weight excluding hydrogens is 370 g/mol. The number of anilines is 1. The van der Waals surface area contributed by atoms with Crippen molar-refractivity contribution in [3.63, 3.8) is 0 Å². The van der Waals surface area contributed by atoms with Crippen LogP contribution in [0.3, 0.4) is 0 Å². The summed E-state index contributed by atoms with van der Waals surface area (Å²) in [5, 5.41) is 2.69. The van der Waals surface area contributed by atoms with Gasteiger partial charge < -0.3 is 19.5 Å². The molecule has 6 nitrogen and oxygen atoms in total. The van der Waals surface area contributed by atoms with E-state index in [1.807, 2.05) is 49.4 Å². The molecule has 1 N–H and O–H groups in total. The lowest BCUT2D eigenvalue weighted by Crippen LogP contribution is -2.23. The zero-order valence-electron chi connectivity index (χ0n) is 17.2. The number of rotatable bonds is 9. The van der Waals surface area contributed by atoms with E-state index in [4.69, 9.17) is 14.2 Å². The minimum absolute atomic E-state index is 0.324. The van der Waals surface area contributed by atoms with Gasteiger partial charge >= 0.3 is 5.97 Å². The second-order valence-corrected chi connectivity index (χ2v) is 6.68. The van der Waals surface area contributed by atoms with Crippen LogP contribution in [0.1, 0.15) is 37.8 Å². The Labute approximate surface area is 171 Å². The molecule has 0 fully saturated rings. The molecule has 0 aromatic heterocycles. The van der Waals surface area contributed by atoms with Crippen molar-refractivity contribution in [3.8, 4) is 11.5 Å². The van der Waals surface area contributed by atoms with Crippen LogP contribution in [-0.4, -0.2) is 32.2 Å². The fourth-order valence-electron chi connectivity index (χ4n) is 2.57. The van der Waals surface area contributed by atoms with Gasteiger partial charge in [-0.05, 0) is 48.2 Å². The Bertz CT molecular complexity index is 856. The summed E-state index contributed by atoms with van der Waals surface area (Å²) < 4.78 is 15.7. The first kappa shape index (κ1) is 22.0. The lowest BCUT2D eigenvalue weighted by molar-refractivity contribution is -0.149. The molecule has 6 heteroatoms. The van der Waals surface area contributed by atoms with Crippen molar-refractivity contribution in [2.75, 3.05) is 25.6 Å². The molecule has 2 aromatic carbocycles. The molecule has 0 bridgehead atoms. The minimum Gasteiger partial charge on any atom is -0.493 e. The molecule has 0 aliphatic rings. The van der Waals surface area contributed by atoms with E-state index in [1.54, 1.807) is 12.1 Å². The van der Waals surface area contributed by atoms with Crippen molar-refractivity contribution < 1.29 is 23.8 Å². The summed E-state index contributed by atoms with van der Waals surface area (Å²) in [6, 6.07) is 12.9. The van der Waals surface area contributed by atoms with Crippen molar-refractivity contribution in [1.82, 2.24) is 0 Å². The molecule has 0 aliphatic heterocycles. The highest BCUT2D eigenvalue weighted by atomic mass is 16.6. The Balaban J connectivity index is 1.80. The Morgan fingerprint density at radius 1 is 1.03 bits per heavy atom. The predicted octanol–water partition coefficient (Wildman–Crippen LogP) is 4.41. The van der Waals surface area contributed by atoms with Gasteiger partial charge in [0.25, 0.3) is 5.91 Å². The maximum absolute atomic E-state index is 12.0. The van der Waals surface area contributed by atoms with Crippen LogP contribution < -0.4 is 14.8 Å². The van der Waals surface area contributed by atoms with Crippen LogP contribution in [0.4, 0.5) is 5.69 Å². The zero-order valence-corrected chi connectivity index (χ0v) is 17.2. The number of allylic oxidation sites excluding steroid dienone is 1. The van der Waals surface area contributed by atoms with Crippen LogP contribution in [0.2, 0.25) is 0 Å². The third kappa shape index (κ3) is 6.99. The van der Waals surface area contributed by atoms with Crippen molar-refractivity contribution in [2.45, 2.75) is 26.7 Å². The van der Waals surface area contributed by atoms with Gasteiger partial charge in [-0.3, -0.25) is 4.79 Å². The molecule has 0 heterocycles. The fourth-order valence-corrected chi connectivity index (χ4v) is 2.57. The summed E-state index contributed by atoms with van der Waals surface area (Å²) in [4.78, 5) is 23.8. The molecule has 2 rings (SSSR count). The number of methoxy groups -OCH3 is 1. The standard InChI is InChI=1S/C23H27NO5/c1-5-6-17-7-12-20(21(13-17)27-4)28-15-23(26)29-14-22(25)24-19-10-8-18(9-11-19)16(2)3/h5-13,16H,14-15H2,1-4H3,(H,24,25)/b6-5+. The zero-order chi connectivity index (χ0) is 21.2. The largest absolute Gasteiger partial charge is 0.493 e. The van der Waals surface area contributed by atoms with Crippen LogP contribution in [0.15, 0.2) is 48.5 Å². The fraction of sp³-hybridized carbons (Fsp3) is 0.304. The number of hydrogen-bond acceptors (Lipinski definition) is 5. The van der Waals surface area contributed by atoms with Crippen LogP contribution in [0, 0.1) is 0 Å². The smallest absolute Gasteiger partial charge is 0.344 e. The lowest BCUT2D eigenvalue weighted by Gasteiger charge is -2.11. The third-order valence-electron chi connectivity index (χ3n) is 4.12. The summed E-state index contributed by atoms with van der Waals surface area (Å²) in [6.45, 7) is 5.41. The van der Waals surface area contributed by atoms with E-state index in [2.05, 4.69) is 19.2 Å². The SMILES string of the molecule is C/C=C/c1ccc(OCC(=O)OCC(=O)Nc2ccc(C(C)C)cc2)c(OC)c1. The average Bonchev–Trinajstić information content (AvgIpc) is 2.71. The molecule has 0 atom stereocenters. The van der Waals surface area contributed by atoms with Crippen molar-refractivity contribution in [1.29, 1.82) is 0 Å². The highest BCUT2D eigenvalue weighted by Crippen LogP contribution is 2.28. The van der Waals surface area contributed by atoms with E-state index in [0.717, 1.165) is 5.56 Å². The third-order valence-corrected chi connectivity index (χ3v) is 4.12. The molecule has 0 spiro atoms. The van der Waals surface area contributed by atoms with Crippen LogP contribution in [0.25, 0.3) is 6.08 Å². The summed E-state index contributed by atoms with van der Waals surface area (Å²) >= 11 is 0. The highest BCUT2D eigenvalue weighted by Gasteiger charge is 2.11. The number of benzene rings is 2. The minimum atomic E-state index is -0.644. The van der Waals surface area contributed by atoms with Gasteiger partial charge in [0.2, 0.25) is 0 Å². The maximum Gasteiger partial charge on any atom is 0.344 e. The van der Waals surface area contributed by atoms with E-state index >= 15 is 0 Å². The molecule has 0 saturated heterocycles. The first-order valence-electron chi connectivity index (χ1n) is 9.42. The Morgan fingerprint density at radius 2 is 1.76 bits per heavy atom. The summed E-state index contributed by atoms with van der Waals surface area (Å²) in [7, 11) is 1.53. The number of carbonyl (C=O) groups is 2. The Kier molecular flexibility index (Phi) is 8.27. The predicted molar refractivity (Wildman–Crippen MR) is 113 cm³/mol. The molecule has 154 valence electrons. The Morgan fingerprint density at radius 3 is 2.38 bits per heavy atom. The molecule has 29 heavy (non-hydrogen) atoms. The van der Waals surface area contributed by atoms with E-state index in [-0.39, 0.29) is 13.2 Å². The van der Waals surface area contributed by atoms with Crippen molar-refractivity contribution in [3.05, 3.63) is 59.7 Å². The number of hydrogen-bond donors (Lipinski definition) is 1. The van der Waals surface area contributed by atoms with Gasteiger partial charge in [0.1, 0.15) is 0 Å². The Hall–Kier alpha value is -3.28. The van der Waals surface area contributed by atoms with E-state index in [9.17, 15) is 9.59 Å². The van der Waals surface area contributed by atoms with E-state index < -0.39 is 11.9 Å². The maximum atomic E-state index is 12.0. The number of carbonyl (C=O) groups excluding carboxylic acids is 2. The monoisotopic (exact) mass is 397 g/mol. The highest BCUT2D eigenvalue weighted by molar-refractivity contribution is 5.92. The first-order valence-corrected chi connectivity index (χ1v) is 9.42. The second kappa shape index (κ2) is 10.9. The average molecular weight is 397 g/mol. The number of amides is 1. The second-order valence-electron chi connectivity index (χ2n) is 6.68. The normalized spacial score (nSPS) is 10.8. The summed E-state index contributed by atoms with van der Waals surface area (Å²) in [6.07, 6.45) is 3.84. The quantitative estimate of drug-likeness (QED) is 0.635. The van der Waals surface area contributed by atoms with Crippen molar-refractivity contribution >= 4 is 23.6 Å². The molecule has 0 aliphatic carbocycles. The van der Waals surface area contributed by atoms with Gasteiger partial charge in [-0.15, -0.1) is 0 Å². The van der Waals surface area contributed by atoms with Crippen LogP contribution in [0.5, 0.6) is 11.5 Å². The number of esters is 1. The van der Waals surface area contributed by atoms with Gasteiger partial charge in [-0.25, -0.2) is 4.79 Å². The molecule has 2 aromatic rings. The lowest BCUT2D eigenvalue weighted by atomic mass is 10.0. The number of ether oxygens (including phenoxy) is 3. The van der Waals surface area contributed by atoms with Crippen LogP contribution >= 0.6 is 0 Å². The molecule has 0 unspecified atom stereocenters. The van der Waals surface area contributed by atoms with Gasteiger partial charge in [0, 0.05) is 5.69 Å². The van der Waals surface area contributed by atoms with Gasteiger partial charge in [-0.2, -0.15) is 0 Å². The van der Waals surface area contributed by atoms with Gasteiger partial charge in [0.05, 0.1) is 7.11 Å². The molecule has 0 saturated carbocycles.